The second-order valence-corrected chi connectivity index (χ2v) is 4.45. The lowest BCUT2D eigenvalue weighted by Crippen LogP contribution is -2.21. The SMILES string of the molecule is CCCN(C)c1ccc(C(N)=S)c(C(F)(F)F)c1. The van der Waals surface area contributed by atoms with Crippen molar-refractivity contribution in [2.45, 2.75) is 19.5 Å². The van der Waals surface area contributed by atoms with E-state index in [0.29, 0.717) is 12.2 Å². The van der Waals surface area contributed by atoms with Crippen molar-refractivity contribution in [3.63, 3.8) is 0 Å². The zero-order valence-electron chi connectivity index (χ0n) is 10.2. The van der Waals surface area contributed by atoms with Gasteiger partial charge >= 0.3 is 6.18 Å². The first kappa shape index (κ1) is 14.8. The van der Waals surface area contributed by atoms with E-state index in [9.17, 15) is 13.2 Å². The Balaban J connectivity index is 3.26. The highest BCUT2D eigenvalue weighted by atomic mass is 32.1. The molecule has 2 nitrogen and oxygen atoms in total. The molecule has 0 saturated carbocycles. The minimum absolute atomic E-state index is 0.133. The summed E-state index contributed by atoms with van der Waals surface area (Å²) in [6.07, 6.45) is -3.60. The maximum absolute atomic E-state index is 12.9. The van der Waals surface area contributed by atoms with Gasteiger partial charge in [-0.25, -0.2) is 0 Å². The predicted molar refractivity (Wildman–Crippen MR) is 70.9 cm³/mol. The van der Waals surface area contributed by atoms with Crippen LogP contribution in [0.4, 0.5) is 18.9 Å². The maximum Gasteiger partial charge on any atom is 0.417 e. The van der Waals surface area contributed by atoms with E-state index in [1.54, 1.807) is 18.0 Å². The molecule has 6 heteroatoms. The summed E-state index contributed by atoms with van der Waals surface area (Å²) in [6, 6.07) is 4.01. The third-order valence-electron chi connectivity index (χ3n) is 2.57. The van der Waals surface area contributed by atoms with Gasteiger partial charge in [-0.2, -0.15) is 13.2 Å². The lowest BCUT2D eigenvalue weighted by Gasteiger charge is -2.21. The van der Waals surface area contributed by atoms with E-state index in [4.69, 9.17) is 5.73 Å². The average Bonchev–Trinajstić information content (AvgIpc) is 2.27. The van der Waals surface area contributed by atoms with Crippen LogP contribution in [0.2, 0.25) is 0 Å². The number of alkyl halides is 3. The molecule has 18 heavy (non-hydrogen) atoms. The number of halogens is 3. The Morgan fingerprint density at radius 3 is 2.44 bits per heavy atom. The molecule has 100 valence electrons. The molecule has 0 aromatic heterocycles. The molecular formula is C12H15F3N2S. The Kier molecular flexibility index (Phi) is 4.56. The molecule has 0 aliphatic heterocycles. The van der Waals surface area contributed by atoms with Crippen LogP contribution in [0.15, 0.2) is 18.2 Å². The van der Waals surface area contributed by atoms with E-state index in [0.717, 1.165) is 12.5 Å². The first-order chi connectivity index (χ1) is 8.27. The van der Waals surface area contributed by atoms with Crippen molar-refractivity contribution < 1.29 is 13.2 Å². The molecule has 0 atom stereocenters. The Labute approximate surface area is 110 Å². The molecule has 0 unspecified atom stereocenters. The van der Waals surface area contributed by atoms with Crippen molar-refractivity contribution in [1.29, 1.82) is 0 Å². The molecule has 1 aromatic rings. The molecular weight excluding hydrogens is 261 g/mol. The molecule has 0 aliphatic rings. The highest BCUT2D eigenvalue weighted by Gasteiger charge is 2.34. The molecule has 0 saturated heterocycles. The van der Waals surface area contributed by atoms with Crippen LogP contribution >= 0.6 is 12.2 Å². The fourth-order valence-electron chi connectivity index (χ4n) is 1.68. The third kappa shape index (κ3) is 3.35. The molecule has 1 rings (SSSR count). The van der Waals surface area contributed by atoms with Crippen LogP contribution in [-0.4, -0.2) is 18.6 Å². The summed E-state index contributed by atoms with van der Waals surface area (Å²) in [5.41, 5.74) is 4.90. The van der Waals surface area contributed by atoms with Gasteiger partial charge in [0.05, 0.1) is 5.56 Å². The van der Waals surface area contributed by atoms with Crippen molar-refractivity contribution in [3.05, 3.63) is 29.3 Å². The molecule has 0 radical (unpaired) electrons. The van der Waals surface area contributed by atoms with E-state index in [-0.39, 0.29) is 10.6 Å². The van der Waals surface area contributed by atoms with Crippen LogP contribution in [0.1, 0.15) is 24.5 Å². The quantitative estimate of drug-likeness (QED) is 0.856. The highest BCUT2D eigenvalue weighted by molar-refractivity contribution is 7.80. The van der Waals surface area contributed by atoms with Crippen LogP contribution in [-0.2, 0) is 6.18 Å². The Morgan fingerprint density at radius 2 is 2.00 bits per heavy atom. The van der Waals surface area contributed by atoms with Crippen LogP contribution in [0.3, 0.4) is 0 Å². The van der Waals surface area contributed by atoms with Gasteiger partial charge in [0.25, 0.3) is 0 Å². The van der Waals surface area contributed by atoms with Gasteiger partial charge in [-0.15, -0.1) is 0 Å². The lowest BCUT2D eigenvalue weighted by molar-refractivity contribution is -0.137. The zero-order chi connectivity index (χ0) is 13.9. The summed E-state index contributed by atoms with van der Waals surface area (Å²) in [4.78, 5) is 1.52. The van der Waals surface area contributed by atoms with Crippen LogP contribution < -0.4 is 10.6 Å². The number of anilines is 1. The van der Waals surface area contributed by atoms with Crippen LogP contribution in [0.5, 0.6) is 0 Å². The first-order valence-corrected chi connectivity index (χ1v) is 5.90. The highest BCUT2D eigenvalue weighted by Crippen LogP contribution is 2.34. The Bertz CT molecular complexity index is 443. The van der Waals surface area contributed by atoms with Gasteiger partial charge in [0.1, 0.15) is 4.99 Å². The zero-order valence-corrected chi connectivity index (χ0v) is 11.0. The maximum atomic E-state index is 12.9. The molecule has 0 bridgehead atoms. The Morgan fingerprint density at radius 1 is 1.39 bits per heavy atom. The summed E-state index contributed by atoms with van der Waals surface area (Å²) in [7, 11) is 1.75. The van der Waals surface area contributed by atoms with Crippen molar-refractivity contribution in [2.75, 3.05) is 18.5 Å². The van der Waals surface area contributed by atoms with E-state index in [1.807, 2.05) is 6.92 Å². The number of thiocarbonyl (C=S) groups is 1. The van der Waals surface area contributed by atoms with E-state index < -0.39 is 11.7 Å². The van der Waals surface area contributed by atoms with E-state index in [1.165, 1.54) is 6.07 Å². The fourth-order valence-corrected chi connectivity index (χ4v) is 1.86. The molecule has 2 N–H and O–H groups in total. The monoisotopic (exact) mass is 276 g/mol. The Hall–Kier alpha value is -1.30. The minimum atomic E-state index is -4.46. The normalized spacial score (nSPS) is 11.4. The van der Waals surface area contributed by atoms with Crippen LogP contribution in [0, 0.1) is 0 Å². The number of hydrogen-bond acceptors (Lipinski definition) is 2. The molecule has 1 aromatic carbocycles. The largest absolute Gasteiger partial charge is 0.417 e. The van der Waals surface area contributed by atoms with Gasteiger partial charge in [-0.1, -0.05) is 19.1 Å². The molecule has 0 aliphatic carbocycles. The predicted octanol–water partition coefficient (Wildman–Crippen LogP) is 3.19. The molecule has 0 spiro atoms. The van der Waals surface area contributed by atoms with Crippen molar-refractivity contribution >= 4 is 22.9 Å². The first-order valence-electron chi connectivity index (χ1n) is 5.49. The summed E-state index contributed by atoms with van der Waals surface area (Å²) in [5, 5.41) is 0. The molecule has 0 heterocycles. The fraction of sp³-hybridized carbons (Fsp3) is 0.417. The number of nitrogens with zero attached hydrogens (tertiary/aromatic N) is 1. The second kappa shape index (κ2) is 5.56. The van der Waals surface area contributed by atoms with E-state index >= 15 is 0 Å². The smallest absolute Gasteiger partial charge is 0.389 e. The standard InChI is InChI=1S/C12H15F3N2S/c1-3-6-17(2)8-4-5-9(11(16)18)10(7-8)12(13,14)15/h4-5,7H,3,6H2,1-2H3,(H2,16,18). The van der Waals surface area contributed by atoms with Gasteiger partial charge in [0.15, 0.2) is 0 Å². The number of hydrogen-bond donors (Lipinski definition) is 1. The molecule has 0 fully saturated rings. The summed E-state index contributed by atoms with van der Waals surface area (Å²) in [6.45, 7) is 2.65. The number of rotatable bonds is 4. The third-order valence-corrected chi connectivity index (χ3v) is 2.79. The second-order valence-electron chi connectivity index (χ2n) is 4.01. The van der Waals surface area contributed by atoms with Gasteiger partial charge < -0.3 is 10.6 Å². The topological polar surface area (TPSA) is 29.3 Å². The minimum Gasteiger partial charge on any atom is -0.389 e. The number of nitrogens with two attached hydrogens (primary N) is 1. The van der Waals surface area contributed by atoms with Gasteiger partial charge in [0.2, 0.25) is 0 Å². The van der Waals surface area contributed by atoms with Gasteiger partial charge in [-0.3, -0.25) is 0 Å². The van der Waals surface area contributed by atoms with Crippen LogP contribution in [0.25, 0.3) is 0 Å². The van der Waals surface area contributed by atoms with Crippen molar-refractivity contribution in [1.82, 2.24) is 0 Å². The van der Waals surface area contributed by atoms with Gasteiger partial charge in [-0.05, 0) is 24.6 Å². The lowest BCUT2D eigenvalue weighted by atomic mass is 10.1. The summed E-state index contributed by atoms with van der Waals surface area (Å²) < 4.78 is 38.7. The molecule has 0 amide bonds. The van der Waals surface area contributed by atoms with Crippen molar-refractivity contribution in [2.24, 2.45) is 5.73 Å². The average molecular weight is 276 g/mol. The summed E-state index contributed by atoms with van der Waals surface area (Å²) >= 11 is 4.64. The van der Waals surface area contributed by atoms with E-state index in [2.05, 4.69) is 12.2 Å². The number of benzene rings is 1. The van der Waals surface area contributed by atoms with Gasteiger partial charge in [0, 0.05) is 24.8 Å². The summed E-state index contributed by atoms with van der Waals surface area (Å²) in [5.74, 6) is 0. The van der Waals surface area contributed by atoms with Crippen molar-refractivity contribution in [3.8, 4) is 0 Å².